The predicted molar refractivity (Wildman–Crippen MR) is 96.4 cm³/mol. The van der Waals surface area contributed by atoms with Crippen LogP contribution in [0.25, 0.3) is 0 Å². The van der Waals surface area contributed by atoms with Crippen LogP contribution in [0, 0.1) is 0 Å². The number of nitrogens with zero attached hydrogens (tertiary/aromatic N) is 1. The van der Waals surface area contributed by atoms with Crippen molar-refractivity contribution >= 4 is 39.2 Å². The van der Waals surface area contributed by atoms with Gasteiger partial charge in [-0.25, -0.2) is 0 Å². The number of halogens is 1. The quantitative estimate of drug-likeness (QED) is 0.786. The number of thiocarbonyl (C=S) groups is 1. The molecule has 0 aromatic heterocycles. The summed E-state index contributed by atoms with van der Waals surface area (Å²) in [6.07, 6.45) is 0. The summed E-state index contributed by atoms with van der Waals surface area (Å²) in [5, 5.41) is 6.83. The van der Waals surface area contributed by atoms with E-state index >= 15 is 0 Å². The Hall–Kier alpha value is -1.40. The van der Waals surface area contributed by atoms with Gasteiger partial charge in [-0.15, -0.1) is 0 Å². The van der Waals surface area contributed by atoms with Crippen molar-refractivity contribution in [2.75, 3.05) is 13.1 Å². The van der Waals surface area contributed by atoms with E-state index in [0.717, 1.165) is 21.3 Å². The van der Waals surface area contributed by atoms with E-state index in [1.54, 1.807) is 0 Å². The van der Waals surface area contributed by atoms with Crippen LogP contribution in [0.15, 0.2) is 40.0 Å². The van der Waals surface area contributed by atoms with Gasteiger partial charge in [-0.05, 0) is 50.7 Å². The van der Waals surface area contributed by atoms with Crippen LogP contribution in [-0.2, 0) is 4.79 Å². The van der Waals surface area contributed by atoms with Gasteiger partial charge in [-0.2, -0.15) is 0 Å². The lowest BCUT2D eigenvalue weighted by atomic mass is 9.94. The molecule has 6 heteroatoms. The van der Waals surface area contributed by atoms with Gasteiger partial charge >= 0.3 is 0 Å². The van der Waals surface area contributed by atoms with E-state index in [2.05, 4.69) is 26.6 Å². The molecule has 0 fully saturated rings. The van der Waals surface area contributed by atoms with Crippen molar-refractivity contribution in [3.05, 3.63) is 45.6 Å². The Balaban J connectivity index is 2.47. The molecular formula is C16H20BrN3OS. The number of carbonyl (C=O) groups is 1. The molecule has 1 atom stereocenters. The zero-order valence-electron chi connectivity index (χ0n) is 12.9. The summed E-state index contributed by atoms with van der Waals surface area (Å²) < 4.78 is 0.976. The summed E-state index contributed by atoms with van der Waals surface area (Å²) in [6, 6.07) is 7.69. The van der Waals surface area contributed by atoms with Crippen LogP contribution in [0.1, 0.15) is 32.4 Å². The number of amides is 1. The smallest absolute Gasteiger partial charge is 0.253 e. The first-order valence-electron chi connectivity index (χ1n) is 7.30. The lowest BCUT2D eigenvalue weighted by Gasteiger charge is -2.33. The third kappa shape index (κ3) is 3.50. The number of hydrogen-bond donors (Lipinski definition) is 2. The Morgan fingerprint density at radius 2 is 2.05 bits per heavy atom. The summed E-state index contributed by atoms with van der Waals surface area (Å²) in [6.45, 7) is 7.23. The zero-order valence-corrected chi connectivity index (χ0v) is 15.3. The Kier molecular flexibility index (Phi) is 5.58. The number of carbonyl (C=O) groups excluding carboxylic acids is 1. The van der Waals surface area contributed by atoms with Gasteiger partial charge in [-0.3, -0.25) is 4.79 Å². The maximum Gasteiger partial charge on any atom is 0.253 e. The summed E-state index contributed by atoms with van der Waals surface area (Å²) in [5.41, 5.74) is 2.54. The number of rotatable bonds is 4. The fourth-order valence-corrected chi connectivity index (χ4v) is 3.28. The molecular weight excluding hydrogens is 362 g/mol. The molecule has 22 heavy (non-hydrogen) atoms. The van der Waals surface area contributed by atoms with Gasteiger partial charge in [0.15, 0.2) is 5.11 Å². The molecule has 0 radical (unpaired) electrons. The average Bonchev–Trinajstić information content (AvgIpc) is 2.47. The maximum absolute atomic E-state index is 12.9. The lowest BCUT2D eigenvalue weighted by molar-refractivity contribution is -0.127. The monoisotopic (exact) mass is 381 g/mol. The minimum absolute atomic E-state index is 0.0370. The van der Waals surface area contributed by atoms with Crippen LogP contribution in [0.4, 0.5) is 0 Å². The van der Waals surface area contributed by atoms with Crippen LogP contribution in [0.2, 0.25) is 0 Å². The molecule has 118 valence electrons. The second kappa shape index (κ2) is 7.24. The summed E-state index contributed by atoms with van der Waals surface area (Å²) in [5.74, 6) is 0.0370. The van der Waals surface area contributed by atoms with Gasteiger partial charge in [0.1, 0.15) is 0 Å². The van der Waals surface area contributed by atoms with Crippen molar-refractivity contribution in [2.24, 2.45) is 0 Å². The van der Waals surface area contributed by atoms with Crippen molar-refractivity contribution < 1.29 is 4.79 Å². The van der Waals surface area contributed by atoms with E-state index in [1.165, 1.54) is 0 Å². The van der Waals surface area contributed by atoms with Gasteiger partial charge in [0.2, 0.25) is 0 Å². The van der Waals surface area contributed by atoms with E-state index in [-0.39, 0.29) is 11.9 Å². The minimum atomic E-state index is -0.237. The predicted octanol–water partition coefficient (Wildman–Crippen LogP) is 3.11. The van der Waals surface area contributed by atoms with E-state index in [1.807, 2.05) is 49.9 Å². The molecule has 1 aromatic carbocycles. The molecule has 0 aliphatic carbocycles. The average molecular weight is 382 g/mol. The highest BCUT2D eigenvalue weighted by molar-refractivity contribution is 9.10. The number of likely N-dealkylation sites (N-methyl/N-ethyl adjacent to an activating group) is 1. The molecule has 1 amide bonds. The number of nitrogens with one attached hydrogen (secondary N) is 2. The van der Waals surface area contributed by atoms with Gasteiger partial charge in [0.05, 0.1) is 11.6 Å². The van der Waals surface area contributed by atoms with Crippen LogP contribution < -0.4 is 10.6 Å². The maximum atomic E-state index is 12.9. The van der Waals surface area contributed by atoms with Crippen LogP contribution >= 0.6 is 28.1 Å². The first kappa shape index (κ1) is 17.0. The molecule has 0 spiro atoms. The van der Waals surface area contributed by atoms with E-state index in [4.69, 9.17) is 12.2 Å². The Labute approximate surface area is 145 Å². The highest BCUT2D eigenvalue weighted by Gasteiger charge is 2.31. The Morgan fingerprint density at radius 1 is 1.36 bits per heavy atom. The third-order valence-electron chi connectivity index (χ3n) is 3.73. The van der Waals surface area contributed by atoms with Crippen molar-refractivity contribution in [1.29, 1.82) is 0 Å². The second-order valence-electron chi connectivity index (χ2n) is 5.10. The summed E-state index contributed by atoms with van der Waals surface area (Å²) in [7, 11) is 0. The highest BCUT2D eigenvalue weighted by atomic mass is 79.9. The topological polar surface area (TPSA) is 44.4 Å². The van der Waals surface area contributed by atoms with Crippen molar-refractivity contribution in [3.8, 4) is 0 Å². The third-order valence-corrected chi connectivity index (χ3v) is 4.45. The molecule has 1 aromatic rings. The minimum Gasteiger partial charge on any atom is -0.351 e. The van der Waals surface area contributed by atoms with Gasteiger partial charge < -0.3 is 15.5 Å². The van der Waals surface area contributed by atoms with Gasteiger partial charge in [0.25, 0.3) is 5.91 Å². The first-order chi connectivity index (χ1) is 10.5. The Bertz CT molecular complexity index is 626. The molecule has 0 saturated heterocycles. The number of hydrogen-bond acceptors (Lipinski definition) is 2. The molecule has 2 rings (SSSR count). The normalized spacial score (nSPS) is 17.8. The first-order valence-corrected chi connectivity index (χ1v) is 8.51. The molecule has 1 aliphatic rings. The Morgan fingerprint density at radius 3 is 2.64 bits per heavy atom. The molecule has 1 heterocycles. The fourth-order valence-electron chi connectivity index (χ4n) is 2.59. The van der Waals surface area contributed by atoms with Gasteiger partial charge in [0, 0.05) is 23.3 Å². The fraction of sp³-hybridized carbons (Fsp3) is 0.375. The van der Waals surface area contributed by atoms with E-state index < -0.39 is 0 Å². The summed E-state index contributed by atoms with van der Waals surface area (Å²) in [4.78, 5) is 14.7. The standard InChI is InChI=1S/C16H20BrN3OS/c1-4-20(5-2)15(21)13-10(3)18-16(22)19-14(13)11-7-6-8-12(17)9-11/h6-9,14H,4-5H2,1-3H3,(H2,18,19,22)/t14-/m1/s1. The molecule has 0 unspecified atom stereocenters. The molecule has 1 aliphatic heterocycles. The largest absolute Gasteiger partial charge is 0.351 e. The van der Waals surface area contributed by atoms with Crippen molar-refractivity contribution in [3.63, 3.8) is 0 Å². The van der Waals surface area contributed by atoms with Crippen LogP contribution in [0.3, 0.4) is 0 Å². The number of allylic oxidation sites excluding steroid dienone is 1. The van der Waals surface area contributed by atoms with Crippen LogP contribution in [-0.4, -0.2) is 29.0 Å². The zero-order chi connectivity index (χ0) is 16.3. The molecule has 0 bridgehead atoms. The van der Waals surface area contributed by atoms with Gasteiger partial charge in [-0.1, -0.05) is 28.1 Å². The van der Waals surface area contributed by atoms with E-state index in [9.17, 15) is 4.79 Å². The second-order valence-corrected chi connectivity index (χ2v) is 6.43. The molecule has 4 nitrogen and oxygen atoms in total. The van der Waals surface area contributed by atoms with Crippen molar-refractivity contribution in [1.82, 2.24) is 15.5 Å². The number of benzene rings is 1. The molecule has 2 N–H and O–H groups in total. The van der Waals surface area contributed by atoms with E-state index in [0.29, 0.717) is 18.2 Å². The van der Waals surface area contributed by atoms with Crippen LogP contribution in [0.5, 0.6) is 0 Å². The van der Waals surface area contributed by atoms with Crippen molar-refractivity contribution in [2.45, 2.75) is 26.8 Å². The molecule has 0 saturated carbocycles. The SMILES string of the molecule is CCN(CC)C(=O)C1=C(C)NC(=S)N[C@@H]1c1cccc(Br)c1. The highest BCUT2D eigenvalue weighted by Crippen LogP contribution is 2.29. The summed E-state index contributed by atoms with van der Waals surface area (Å²) >= 11 is 8.75. The lowest BCUT2D eigenvalue weighted by Crippen LogP contribution is -2.47.